The van der Waals surface area contributed by atoms with Gasteiger partial charge in [-0.05, 0) is 31.7 Å². The lowest BCUT2D eigenvalue weighted by molar-refractivity contribution is 0.622. The average Bonchev–Trinajstić information content (AvgIpc) is 2.74. The fraction of sp³-hybridized carbons (Fsp3) is 0.333. The molecule has 2 aromatic heterocycles. The molecule has 2 N–H and O–H groups in total. The fourth-order valence-corrected chi connectivity index (χ4v) is 1.74. The Labute approximate surface area is 95.1 Å². The Morgan fingerprint density at radius 1 is 1.31 bits per heavy atom. The van der Waals surface area contributed by atoms with Crippen molar-refractivity contribution in [3.63, 3.8) is 0 Å². The molecule has 0 bridgehead atoms. The summed E-state index contributed by atoms with van der Waals surface area (Å²) in [6.07, 6.45) is 4.43. The minimum absolute atomic E-state index is 0.654. The summed E-state index contributed by atoms with van der Waals surface area (Å²) in [7, 11) is 0. The van der Waals surface area contributed by atoms with E-state index >= 15 is 0 Å². The number of nitrogens with two attached hydrogens (primary N) is 1. The van der Waals surface area contributed by atoms with E-state index in [0.29, 0.717) is 6.54 Å². The monoisotopic (exact) mass is 216 g/mol. The van der Waals surface area contributed by atoms with E-state index in [1.165, 1.54) is 5.69 Å². The van der Waals surface area contributed by atoms with Gasteiger partial charge in [-0.25, -0.2) is 0 Å². The number of hydrogen-bond acceptors (Lipinski definition) is 3. The van der Waals surface area contributed by atoms with Crippen LogP contribution >= 0.6 is 0 Å². The van der Waals surface area contributed by atoms with Crippen molar-refractivity contribution in [2.45, 2.75) is 19.9 Å². The number of aromatic nitrogens is 3. The minimum Gasteiger partial charge on any atom is -0.330 e. The van der Waals surface area contributed by atoms with Crippen LogP contribution < -0.4 is 5.73 Å². The van der Waals surface area contributed by atoms with Gasteiger partial charge in [0.15, 0.2) is 0 Å². The molecule has 2 heterocycles. The van der Waals surface area contributed by atoms with Gasteiger partial charge >= 0.3 is 0 Å². The lowest BCUT2D eigenvalue weighted by atomic mass is 10.2. The van der Waals surface area contributed by atoms with Gasteiger partial charge in [0.1, 0.15) is 0 Å². The molecular weight excluding hydrogens is 200 g/mol. The third-order valence-corrected chi connectivity index (χ3v) is 2.54. The topological polar surface area (TPSA) is 56.7 Å². The molecule has 16 heavy (non-hydrogen) atoms. The molecule has 0 aliphatic heterocycles. The van der Waals surface area contributed by atoms with E-state index in [1.54, 1.807) is 12.4 Å². The number of aryl methyl sites for hydroxylation is 1. The third kappa shape index (κ3) is 2.12. The molecule has 2 aromatic rings. The molecule has 4 nitrogen and oxygen atoms in total. The summed E-state index contributed by atoms with van der Waals surface area (Å²) in [5.74, 6) is 0. The molecule has 0 saturated carbocycles. The van der Waals surface area contributed by atoms with E-state index in [9.17, 15) is 0 Å². The normalized spacial score (nSPS) is 10.6. The quantitative estimate of drug-likeness (QED) is 0.842. The second kappa shape index (κ2) is 4.90. The van der Waals surface area contributed by atoms with Gasteiger partial charge in [-0.15, -0.1) is 0 Å². The summed E-state index contributed by atoms with van der Waals surface area (Å²) < 4.78 is 2.00. The second-order valence-corrected chi connectivity index (χ2v) is 3.61. The van der Waals surface area contributed by atoms with Crippen LogP contribution in [0, 0.1) is 0 Å². The van der Waals surface area contributed by atoms with Gasteiger partial charge in [0.25, 0.3) is 0 Å². The standard InChI is InChI=1S/C12H16N4/c1-2-16-11(3-6-13)9-12(15-16)10-4-7-14-8-5-10/h4-5,7-9H,2-3,6,13H2,1H3. The summed E-state index contributed by atoms with van der Waals surface area (Å²) in [6, 6.07) is 6.04. The maximum atomic E-state index is 5.58. The highest BCUT2D eigenvalue weighted by atomic mass is 15.3. The van der Waals surface area contributed by atoms with Crippen LogP contribution in [0.1, 0.15) is 12.6 Å². The van der Waals surface area contributed by atoms with Crippen molar-refractivity contribution in [1.82, 2.24) is 14.8 Å². The van der Waals surface area contributed by atoms with Crippen LogP contribution in [0.15, 0.2) is 30.6 Å². The van der Waals surface area contributed by atoms with Gasteiger partial charge in [0.2, 0.25) is 0 Å². The van der Waals surface area contributed by atoms with Crippen LogP contribution in [-0.4, -0.2) is 21.3 Å². The predicted octanol–water partition coefficient (Wildman–Crippen LogP) is 1.47. The highest BCUT2D eigenvalue weighted by molar-refractivity contribution is 5.58. The lowest BCUT2D eigenvalue weighted by Gasteiger charge is -2.01. The van der Waals surface area contributed by atoms with Crippen LogP contribution in [0.3, 0.4) is 0 Å². The second-order valence-electron chi connectivity index (χ2n) is 3.61. The van der Waals surface area contributed by atoms with Crippen LogP contribution in [0.25, 0.3) is 11.3 Å². The summed E-state index contributed by atoms with van der Waals surface area (Å²) in [5, 5.41) is 4.55. The van der Waals surface area contributed by atoms with Crippen LogP contribution in [0.2, 0.25) is 0 Å². The van der Waals surface area contributed by atoms with Gasteiger partial charge in [-0.2, -0.15) is 5.10 Å². The summed E-state index contributed by atoms with van der Waals surface area (Å²) >= 11 is 0. The Morgan fingerprint density at radius 2 is 2.06 bits per heavy atom. The van der Waals surface area contributed by atoms with E-state index in [0.717, 1.165) is 24.2 Å². The molecule has 0 unspecified atom stereocenters. The van der Waals surface area contributed by atoms with Gasteiger partial charge < -0.3 is 5.73 Å². The van der Waals surface area contributed by atoms with Gasteiger partial charge in [0.05, 0.1) is 5.69 Å². The predicted molar refractivity (Wildman–Crippen MR) is 63.9 cm³/mol. The van der Waals surface area contributed by atoms with E-state index in [2.05, 4.69) is 23.1 Å². The molecule has 2 rings (SSSR count). The summed E-state index contributed by atoms with van der Waals surface area (Å²) in [5.41, 5.74) is 8.86. The largest absolute Gasteiger partial charge is 0.330 e. The van der Waals surface area contributed by atoms with Gasteiger partial charge in [-0.1, -0.05) is 0 Å². The molecule has 84 valence electrons. The highest BCUT2D eigenvalue weighted by Gasteiger charge is 2.07. The first-order valence-electron chi connectivity index (χ1n) is 5.52. The average molecular weight is 216 g/mol. The number of pyridine rings is 1. The van der Waals surface area contributed by atoms with Gasteiger partial charge in [0, 0.05) is 36.6 Å². The van der Waals surface area contributed by atoms with Crippen molar-refractivity contribution in [3.8, 4) is 11.3 Å². The molecule has 0 radical (unpaired) electrons. The Morgan fingerprint density at radius 3 is 2.69 bits per heavy atom. The molecule has 0 spiro atoms. The van der Waals surface area contributed by atoms with Crippen molar-refractivity contribution in [2.24, 2.45) is 5.73 Å². The molecule has 0 atom stereocenters. The Kier molecular flexibility index (Phi) is 3.31. The fourth-order valence-electron chi connectivity index (χ4n) is 1.74. The van der Waals surface area contributed by atoms with Crippen molar-refractivity contribution >= 4 is 0 Å². The van der Waals surface area contributed by atoms with Crippen LogP contribution in [-0.2, 0) is 13.0 Å². The SMILES string of the molecule is CCn1nc(-c2ccncc2)cc1CCN. The van der Waals surface area contributed by atoms with Crippen LogP contribution in [0.4, 0.5) is 0 Å². The number of rotatable bonds is 4. The summed E-state index contributed by atoms with van der Waals surface area (Å²) in [4.78, 5) is 4.00. The first-order valence-corrected chi connectivity index (χ1v) is 5.52. The molecule has 0 aliphatic rings. The smallest absolute Gasteiger partial charge is 0.0927 e. The number of hydrogen-bond donors (Lipinski definition) is 1. The highest BCUT2D eigenvalue weighted by Crippen LogP contribution is 2.18. The van der Waals surface area contributed by atoms with E-state index < -0.39 is 0 Å². The zero-order valence-corrected chi connectivity index (χ0v) is 9.43. The number of nitrogens with zero attached hydrogens (tertiary/aromatic N) is 3. The maximum absolute atomic E-state index is 5.58. The first kappa shape index (κ1) is 10.8. The van der Waals surface area contributed by atoms with Gasteiger partial charge in [-0.3, -0.25) is 9.67 Å². The third-order valence-electron chi connectivity index (χ3n) is 2.54. The maximum Gasteiger partial charge on any atom is 0.0927 e. The molecule has 0 aromatic carbocycles. The zero-order chi connectivity index (χ0) is 11.4. The molecule has 0 saturated heterocycles. The van der Waals surface area contributed by atoms with Crippen LogP contribution in [0.5, 0.6) is 0 Å². The molecule has 0 aliphatic carbocycles. The lowest BCUT2D eigenvalue weighted by Crippen LogP contribution is -2.08. The van der Waals surface area contributed by atoms with E-state index in [1.807, 2.05) is 16.8 Å². The van der Waals surface area contributed by atoms with Crippen molar-refractivity contribution in [1.29, 1.82) is 0 Å². The van der Waals surface area contributed by atoms with Crippen molar-refractivity contribution in [3.05, 3.63) is 36.3 Å². The van der Waals surface area contributed by atoms with E-state index in [4.69, 9.17) is 5.73 Å². The molecule has 0 fully saturated rings. The first-order chi connectivity index (χ1) is 7.85. The zero-order valence-electron chi connectivity index (χ0n) is 9.43. The Bertz CT molecular complexity index is 447. The summed E-state index contributed by atoms with van der Waals surface area (Å²) in [6.45, 7) is 3.62. The van der Waals surface area contributed by atoms with E-state index in [-0.39, 0.29) is 0 Å². The Hall–Kier alpha value is -1.68. The molecule has 4 heteroatoms. The van der Waals surface area contributed by atoms with Crippen molar-refractivity contribution in [2.75, 3.05) is 6.54 Å². The Balaban J connectivity index is 2.36. The molecular formula is C12H16N4. The van der Waals surface area contributed by atoms with Crippen molar-refractivity contribution < 1.29 is 0 Å². The minimum atomic E-state index is 0.654. The molecule has 0 amide bonds.